The van der Waals surface area contributed by atoms with Gasteiger partial charge in [-0.3, -0.25) is 4.79 Å². The molecule has 4 atom stereocenters. The first-order valence-corrected chi connectivity index (χ1v) is 13.7. The molecule has 180 valence electrons. The van der Waals surface area contributed by atoms with Gasteiger partial charge in [0.25, 0.3) is 0 Å². The topological polar surface area (TPSA) is 85.9 Å². The van der Waals surface area contributed by atoms with E-state index in [0.29, 0.717) is 16.6 Å². The van der Waals surface area contributed by atoms with Crippen molar-refractivity contribution in [2.75, 3.05) is 0 Å². The Morgan fingerprint density at radius 2 is 1.62 bits per heavy atom. The van der Waals surface area contributed by atoms with Crippen LogP contribution in [0.15, 0.2) is 30.3 Å². The molecule has 32 heavy (non-hydrogen) atoms. The van der Waals surface area contributed by atoms with Crippen molar-refractivity contribution in [1.29, 1.82) is 0 Å². The molecule has 7 nitrogen and oxygen atoms in total. The van der Waals surface area contributed by atoms with Gasteiger partial charge in [0.15, 0.2) is 6.23 Å². The van der Waals surface area contributed by atoms with Gasteiger partial charge in [-0.2, -0.15) is 0 Å². The van der Waals surface area contributed by atoms with Gasteiger partial charge in [-0.1, -0.05) is 71.9 Å². The van der Waals surface area contributed by atoms with Crippen LogP contribution in [0.4, 0.5) is 4.79 Å². The smallest absolute Gasteiger partial charge is 0.408 e. The van der Waals surface area contributed by atoms with Gasteiger partial charge in [0, 0.05) is 0 Å². The van der Waals surface area contributed by atoms with Crippen LogP contribution < -0.4 is 10.6 Å². The van der Waals surface area contributed by atoms with Crippen molar-refractivity contribution in [1.82, 2.24) is 10.6 Å². The first-order valence-electron chi connectivity index (χ1n) is 11.6. The third-order valence-corrected chi connectivity index (χ3v) is 12.6. The minimum atomic E-state index is -2.13. The molecule has 0 radical (unpaired) electrons. The summed E-state index contributed by atoms with van der Waals surface area (Å²) in [5.41, 5.74) is 2.15. The average molecular weight is 465 g/mol. The molecular formula is C24H40N2O5Si. The van der Waals surface area contributed by atoms with Gasteiger partial charge in [0.1, 0.15) is 12.6 Å². The van der Waals surface area contributed by atoms with E-state index in [4.69, 9.17) is 13.9 Å². The molecule has 0 aliphatic carbocycles. The lowest BCUT2D eigenvalue weighted by Gasteiger charge is -2.46. The Hall–Kier alpha value is -1.90. The molecule has 8 heteroatoms. The second-order valence-electron chi connectivity index (χ2n) is 9.59. The standard InChI is InChI=1S/C24H40N2O5Si/c1-15(2)32(16(3)4,17(5)6)31-19(8)23-26-22(27)21(18(7)30-23)25-24(28)29-14-20-12-10-9-11-13-20/h9-13,15-19,21,23H,14H2,1-8H3,(H,25,28)(H,26,27)/t18-,19-,21+,23+/m1/s1. The van der Waals surface area contributed by atoms with E-state index < -0.39 is 32.8 Å². The molecule has 1 saturated heterocycles. The first-order chi connectivity index (χ1) is 15.0. The molecule has 0 aromatic heterocycles. The molecule has 0 spiro atoms. The summed E-state index contributed by atoms with van der Waals surface area (Å²) in [5, 5.41) is 5.50. The van der Waals surface area contributed by atoms with E-state index in [2.05, 4.69) is 52.2 Å². The number of carbonyl (C=O) groups excluding carboxylic acids is 2. The second-order valence-corrected chi connectivity index (χ2v) is 15.0. The van der Waals surface area contributed by atoms with Gasteiger partial charge in [0.2, 0.25) is 14.2 Å². The molecular weight excluding hydrogens is 424 g/mol. The summed E-state index contributed by atoms with van der Waals surface area (Å²) in [6, 6.07) is 8.55. The Morgan fingerprint density at radius 1 is 1.06 bits per heavy atom. The first kappa shape index (κ1) is 26.4. The molecule has 1 heterocycles. The lowest BCUT2D eigenvalue weighted by Crippen LogP contribution is -2.65. The number of amides is 2. The van der Waals surface area contributed by atoms with Crippen LogP contribution in [-0.4, -0.2) is 44.8 Å². The molecule has 2 N–H and O–H groups in total. The van der Waals surface area contributed by atoms with Crippen LogP contribution in [0.2, 0.25) is 16.6 Å². The predicted octanol–water partition coefficient (Wildman–Crippen LogP) is 4.72. The molecule has 1 aromatic carbocycles. The maximum absolute atomic E-state index is 12.8. The zero-order valence-electron chi connectivity index (χ0n) is 20.7. The summed E-state index contributed by atoms with van der Waals surface area (Å²) in [4.78, 5) is 25.0. The predicted molar refractivity (Wildman–Crippen MR) is 128 cm³/mol. The molecule has 1 fully saturated rings. The van der Waals surface area contributed by atoms with E-state index in [0.717, 1.165) is 5.56 Å². The number of hydrogen-bond donors (Lipinski definition) is 2. The number of carbonyl (C=O) groups is 2. The van der Waals surface area contributed by atoms with Crippen LogP contribution in [0.3, 0.4) is 0 Å². The van der Waals surface area contributed by atoms with E-state index in [9.17, 15) is 9.59 Å². The summed E-state index contributed by atoms with van der Waals surface area (Å²) in [5.74, 6) is -0.299. The highest BCUT2D eigenvalue weighted by molar-refractivity contribution is 6.77. The fraction of sp³-hybridized carbons (Fsp3) is 0.667. The number of ether oxygens (including phenoxy) is 2. The molecule has 1 aliphatic heterocycles. The average Bonchev–Trinajstić information content (AvgIpc) is 2.72. The van der Waals surface area contributed by atoms with Gasteiger partial charge in [-0.15, -0.1) is 0 Å². The van der Waals surface area contributed by atoms with Gasteiger partial charge in [0.05, 0.1) is 12.2 Å². The monoisotopic (exact) mass is 464 g/mol. The molecule has 1 aromatic rings. The summed E-state index contributed by atoms with van der Waals surface area (Å²) in [6.45, 7) is 17.2. The van der Waals surface area contributed by atoms with Crippen molar-refractivity contribution < 1.29 is 23.5 Å². The zero-order chi connectivity index (χ0) is 24.1. The Kier molecular flexibility index (Phi) is 9.30. The van der Waals surface area contributed by atoms with Crippen LogP contribution >= 0.6 is 0 Å². The lowest BCUT2D eigenvalue weighted by molar-refractivity contribution is -0.155. The van der Waals surface area contributed by atoms with Gasteiger partial charge < -0.3 is 24.5 Å². The van der Waals surface area contributed by atoms with Gasteiger partial charge in [-0.05, 0) is 36.0 Å². The van der Waals surface area contributed by atoms with Gasteiger partial charge >= 0.3 is 6.09 Å². The third kappa shape index (κ3) is 6.11. The quantitative estimate of drug-likeness (QED) is 0.516. The van der Waals surface area contributed by atoms with Crippen molar-refractivity contribution in [2.24, 2.45) is 0 Å². The fourth-order valence-electron chi connectivity index (χ4n) is 4.88. The highest BCUT2D eigenvalue weighted by Crippen LogP contribution is 2.43. The number of nitrogens with one attached hydrogen (secondary N) is 2. The van der Waals surface area contributed by atoms with Crippen molar-refractivity contribution in [3.63, 3.8) is 0 Å². The Labute approximate surface area is 193 Å². The molecule has 0 saturated carbocycles. The van der Waals surface area contributed by atoms with Crippen LogP contribution in [0, 0.1) is 0 Å². The Bertz CT molecular complexity index is 734. The lowest BCUT2D eigenvalue weighted by atomic mass is 10.1. The summed E-state index contributed by atoms with van der Waals surface area (Å²) >= 11 is 0. The molecule has 2 amide bonds. The largest absolute Gasteiger partial charge is 0.445 e. The van der Waals surface area contributed by atoms with Crippen LogP contribution in [0.5, 0.6) is 0 Å². The van der Waals surface area contributed by atoms with Crippen molar-refractivity contribution in [3.8, 4) is 0 Å². The summed E-state index contributed by atoms with van der Waals surface area (Å²) in [7, 11) is -2.13. The van der Waals surface area contributed by atoms with E-state index in [-0.39, 0.29) is 18.6 Å². The molecule has 2 rings (SSSR count). The molecule has 1 aliphatic rings. The van der Waals surface area contributed by atoms with E-state index >= 15 is 0 Å². The highest BCUT2D eigenvalue weighted by atomic mass is 28.4. The summed E-state index contributed by atoms with van der Waals surface area (Å²) < 4.78 is 18.1. The van der Waals surface area contributed by atoms with E-state index in [1.165, 1.54) is 0 Å². The normalized spacial score (nSPS) is 22.7. The van der Waals surface area contributed by atoms with Crippen molar-refractivity contribution in [2.45, 2.75) is 103 Å². The maximum Gasteiger partial charge on any atom is 0.408 e. The number of alkyl carbamates (subject to hydrolysis) is 1. The maximum atomic E-state index is 12.8. The van der Waals surface area contributed by atoms with Crippen molar-refractivity contribution >= 4 is 20.3 Å². The number of rotatable bonds is 9. The molecule has 0 bridgehead atoms. The minimum absolute atomic E-state index is 0.135. The number of hydrogen-bond acceptors (Lipinski definition) is 5. The summed E-state index contributed by atoms with van der Waals surface area (Å²) in [6.07, 6.45) is -2.04. The second kappa shape index (κ2) is 11.3. The van der Waals surface area contributed by atoms with E-state index in [1.54, 1.807) is 6.92 Å². The van der Waals surface area contributed by atoms with Crippen molar-refractivity contribution in [3.05, 3.63) is 35.9 Å². The number of benzene rings is 1. The Balaban J connectivity index is 1.97. The Morgan fingerprint density at radius 3 is 2.12 bits per heavy atom. The van der Waals surface area contributed by atoms with Crippen LogP contribution in [0.25, 0.3) is 0 Å². The van der Waals surface area contributed by atoms with Gasteiger partial charge in [-0.25, -0.2) is 4.79 Å². The molecule has 0 unspecified atom stereocenters. The zero-order valence-corrected chi connectivity index (χ0v) is 21.7. The van der Waals surface area contributed by atoms with Crippen LogP contribution in [-0.2, 0) is 25.3 Å². The highest BCUT2D eigenvalue weighted by Gasteiger charge is 2.48. The minimum Gasteiger partial charge on any atom is -0.445 e. The SMILES string of the molecule is CC(C)[Si](O[C@H](C)[C@H]1NC(=O)[C@@H](NC(=O)OCc2ccccc2)[C@@H](C)O1)(C(C)C)C(C)C. The fourth-order valence-corrected chi connectivity index (χ4v) is 10.5. The third-order valence-electron chi connectivity index (χ3n) is 6.41. The van der Waals surface area contributed by atoms with Crippen LogP contribution in [0.1, 0.15) is 61.0 Å². The van der Waals surface area contributed by atoms with E-state index in [1.807, 2.05) is 37.3 Å².